The number of nitrogens with one attached hydrogen (secondary N) is 1. The van der Waals surface area contributed by atoms with E-state index < -0.39 is 0 Å². The summed E-state index contributed by atoms with van der Waals surface area (Å²) in [7, 11) is 0. The highest BCUT2D eigenvalue weighted by Crippen LogP contribution is 2.44. The lowest BCUT2D eigenvalue weighted by Crippen LogP contribution is -2.49. The summed E-state index contributed by atoms with van der Waals surface area (Å²) in [6.45, 7) is 11.3. The topological polar surface area (TPSA) is 40.5 Å². The van der Waals surface area contributed by atoms with Crippen molar-refractivity contribution in [2.75, 3.05) is 25.1 Å². The molecule has 1 N–H and O–H groups in total. The van der Waals surface area contributed by atoms with Gasteiger partial charge in [-0.05, 0) is 70.7 Å². The quantitative estimate of drug-likeness (QED) is 0.880. The first-order valence-electron chi connectivity index (χ1n) is 10.5. The van der Waals surface area contributed by atoms with Crippen LogP contribution in [0.5, 0.6) is 0 Å². The molecule has 5 heteroatoms. The van der Waals surface area contributed by atoms with E-state index in [0.717, 1.165) is 11.9 Å². The number of hydrogen-bond donors (Lipinski definition) is 1. The van der Waals surface area contributed by atoms with E-state index >= 15 is 0 Å². The molecular weight excluding hydrogens is 336 g/mol. The fourth-order valence-electron chi connectivity index (χ4n) is 5.21. The molecule has 1 aromatic carbocycles. The van der Waals surface area contributed by atoms with Gasteiger partial charge in [-0.2, -0.15) is 0 Å². The zero-order valence-corrected chi connectivity index (χ0v) is 17.0. The maximum absolute atomic E-state index is 12.6. The summed E-state index contributed by atoms with van der Waals surface area (Å²) in [5, 5.41) is 1.37. The fraction of sp³-hybridized carbons (Fsp3) is 0.591. The summed E-state index contributed by atoms with van der Waals surface area (Å²) in [5.41, 5.74) is 7.07. The number of benzene rings is 1. The number of hydrogen-bond acceptors (Lipinski definition) is 2. The Bertz CT molecular complexity index is 836. The second kappa shape index (κ2) is 7.19. The molecule has 1 aliphatic heterocycles. The number of amides is 2. The lowest BCUT2D eigenvalue weighted by molar-refractivity contribution is 0.0913. The Balaban J connectivity index is 1.73. The highest BCUT2D eigenvalue weighted by Gasteiger charge is 2.38. The molecule has 1 fully saturated rings. The Morgan fingerprint density at radius 1 is 1.30 bits per heavy atom. The average Bonchev–Trinajstić information content (AvgIpc) is 3.01. The van der Waals surface area contributed by atoms with E-state index in [0.29, 0.717) is 31.1 Å². The van der Waals surface area contributed by atoms with Crippen molar-refractivity contribution in [1.29, 1.82) is 0 Å². The maximum Gasteiger partial charge on any atom is 0.336 e. The zero-order valence-electron chi connectivity index (χ0n) is 17.0. The molecule has 4 rings (SSSR count). The summed E-state index contributed by atoms with van der Waals surface area (Å²) in [6.07, 6.45) is 5.76. The normalized spacial score (nSPS) is 22.1. The monoisotopic (exact) mass is 368 g/mol. The zero-order chi connectivity index (χ0) is 19.1. The predicted octanol–water partition coefficient (Wildman–Crippen LogP) is 4.16. The molecule has 27 heavy (non-hydrogen) atoms. The van der Waals surface area contributed by atoms with Crippen molar-refractivity contribution in [3.8, 4) is 0 Å². The fourth-order valence-corrected chi connectivity index (χ4v) is 5.21. The summed E-state index contributed by atoms with van der Waals surface area (Å²) < 4.78 is 1.95. The highest BCUT2D eigenvalue weighted by atomic mass is 16.2. The number of nitrogens with zero attached hydrogens (tertiary/aromatic N) is 3. The minimum Gasteiger partial charge on any atom is -0.324 e. The van der Waals surface area contributed by atoms with Crippen molar-refractivity contribution in [3.05, 3.63) is 35.5 Å². The van der Waals surface area contributed by atoms with Crippen LogP contribution in [0.1, 0.15) is 57.6 Å². The Hall–Kier alpha value is -2.01. The molecule has 2 aliphatic rings. The van der Waals surface area contributed by atoms with Gasteiger partial charge in [0.2, 0.25) is 0 Å². The van der Waals surface area contributed by atoms with Crippen molar-refractivity contribution in [1.82, 2.24) is 14.5 Å². The van der Waals surface area contributed by atoms with E-state index in [1.54, 1.807) is 0 Å². The molecule has 5 nitrogen and oxygen atoms in total. The Labute approximate surface area is 162 Å². The molecule has 2 aromatic rings. The SMILES string of the molecule is CCN(CC)C(=O)Nn1cc2c3c(cccc31)[C@H]1CCCN(C(C)C)[C@@H]1C2. The van der Waals surface area contributed by atoms with Gasteiger partial charge in [-0.1, -0.05) is 12.1 Å². The molecule has 0 saturated carbocycles. The van der Waals surface area contributed by atoms with E-state index in [4.69, 9.17) is 0 Å². The molecule has 2 amide bonds. The largest absolute Gasteiger partial charge is 0.336 e. The molecule has 0 bridgehead atoms. The highest BCUT2D eigenvalue weighted by molar-refractivity contribution is 5.92. The molecule has 0 unspecified atom stereocenters. The molecule has 1 aliphatic carbocycles. The number of likely N-dealkylation sites (tertiary alicyclic amines) is 1. The Kier molecular flexibility index (Phi) is 4.89. The third kappa shape index (κ3) is 3.02. The van der Waals surface area contributed by atoms with Gasteiger partial charge >= 0.3 is 6.03 Å². The Morgan fingerprint density at radius 2 is 2.07 bits per heavy atom. The van der Waals surface area contributed by atoms with E-state index in [9.17, 15) is 4.79 Å². The second-order valence-electron chi connectivity index (χ2n) is 8.21. The lowest BCUT2D eigenvalue weighted by atomic mass is 9.74. The van der Waals surface area contributed by atoms with Gasteiger partial charge in [0.1, 0.15) is 0 Å². The molecule has 2 heterocycles. The molecule has 0 radical (unpaired) electrons. The van der Waals surface area contributed by atoms with Gasteiger partial charge < -0.3 is 4.90 Å². The van der Waals surface area contributed by atoms with Crippen molar-refractivity contribution in [3.63, 3.8) is 0 Å². The van der Waals surface area contributed by atoms with E-state index in [1.165, 1.54) is 35.9 Å². The van der Waals surface area contributed by atoms with Crippen molar-refractivity contribution in [2.45, 2.75) is 65.0 Å². The van der Waals surface area contributed by atoms with Gasteiger partial charge in [-0.25, -0.2) is 10.2 Å². The van der Waals surface area contributed by atoms with Gasteiger partial charge in [0.05, 0.1) is 5.52 Å². The van der Waals surface area contributed by atoms with Crippen molar-refractivity contribution in [2.24, 2.45) is 0 Å². The number of carbonyl (C=O) groups excluding carboxylic acids is 1. The van der Waals surface area contributed by atoms with Crippen LogP contribution in [0.15, 0.2) is 24.4 Å². The van der Waals surface area contributed by atoms with Gasteiger partial charge in [-0.3, -0.25) is 9.58 Å². The van der Waals surface area contributed by atoms with Gasteiger partial charge in [0.25, 0.3) is 0 Å². The molecule has 0 spiro atoms. The van der Waals surface area contributed by atoms with Crippen LogP contribution < -0.4 is 5.43 Å². The van der Waals surface area contributed by atoms with Crippen molar-refractivity contribution >= 4 is 16.9 Å². The maximum atomic E-state index is 12.6. The standard InChI is InChI=1S/C22H32N4O/c1-5-24(6-2)22(27)23-26-14-16-13-20-17(10-8-12-25(20)15(3)4)18-9-7-11-19(26)21(16)18/h7,9,11,14-15,17,20H,5-6,8,10,12-13H2,1-4H3,(H,23,27)/t17-,20-/m1/s1. The lowest BCUT2D eigenvalue weighted by Gasteiger charge is -2.46. The van der Waals surface area contributed by atoms with Gasteiger partial charge in [0.15, 0.2) is 0 Å². The first-order chi connectivity index (χ1) is 13.0. The minimum atomic E-state index is -0.0330. The molecule has 2 atom stereocenters. The predicted molar refractivity (Wildman–Crippen MR) is 111 cm³/mol. The van der Waals surface area contributed by atoms with Gasteiger partial charge in [0, 0.05) is 42.7 Å². The molecular formula is C22H32N4O. The summed E-state index contributed by atoms with van der Waals surface area (Å²) >= 11 is 0. The van der Waals surface area contributed by atoms with Crippen LogP contribution in [0.25, 0.3) is 10.9 Å². The number of fused-ring (bicyclic) bond motifs is 2. The summed E-state index contributed by atoms with van der Waals surface area (Å²) in [4.78, 5) is 17.1. The summed E-state index contributed by atoms with van der Waals surface area (Å²) in [5.74, 6) is 0.603. The van der Waals surface area contributed by atoms with E-state index in [-0.39, 0.29) is 6.03 Å². The van der Waals surface area contributed by atoms with Crippen molar-refractivity contribution < 1.29 is 4.79 Å². The first-order valence-corrected chi connectivity index (χ1v) is 10.5. The molecule has 146 valence electrons. The van der Waals surface area contributed by atoms with Crippen LogP contribution in [0, 0.1) is 0 Å². The van der Waals surface area contributed by atoms with Gasteiger partial charge in [-0.15, -0.1) is 0 Å². The Morgan fingerprint density at radius 3 is 2.78 bits per heavy atom. The van der Waals surface area contributed by atoms with Crippen LogP contribution in [0.4, 0.5) is 4.79 Å². The third-order valence-corrected chi connectivity index (χ3v) is 6.52. The first kappa shape index (κ1) is 18.4. The van der Waals surface area contributed by atoms with Crippen LogP contribution in [-0.2, 0) is 6.42 Å². The van der Waals surface area contributed by atoms with Crippen LogP contribution in [0.2, 0.25) is 0 Å². The van der Waals surface area contributed by atoms with E-state index in [1.807, 2.05) is 23.4 Å². The number of piperidine rings is 1. The molecule has 1 aromatic heterocycles. The van der Waals surface area contributed by atoms with Crippen LogP contribution in [-0.4, -0.2) is 52.2 Å². The number of rotatable bonds is 4. The number of aromatic nitrogens is 1. The smallest absolute Gasteiger partial charge is 0.324 e. The van der Waals surface area contributed by atoms with Crippen LogP contribution in [0.3, 0.4) is 0 Å². The third-order valence-electron chi connectivity index (χ3n) is 6.52. The average molecular weight is 369 g/mol. The minimum absolute atomic E-state index is 0.0330. The summed E-state index contributed by atoms with van der Waals surface area (Å²) in [6, 6.07) is 7.71. The second-order valence-corrected chi connectivity index (χ2v) is 8.21. The van der Waals surface area contributed by atoms with Crippen LogP contribution >= 0.6 is 0 Å². The number of urea groups is 1. The number of carbonyl (C=O) groups is 1. The van der Waals surface area contributed by atoms with E-state index in [2.05, 4.69) is 48.6 Å². The molecule has 1 saturated heterocycles.